The van der Waals surface area contributed by atoms with Crippen LogP contribution in [0.2, 0.25) is 0 Å². The molecule has 1 aliphatic carbocycles. The highest BCUT2D eigenvalue weighted by atomic mass is 19.1. The van der Waals surface area contributed by atoms with Gasteiger partial charge in [-0.3, -0.25) is 10.0 Å². The molecule has 2 aliphatic rings. The molecule has 1 N–H and O–H groups in total. The summed E-state index contributed by atoms with van der Waals surface area (Å²) in [4.78, 5) is 4.17. The van der Waals surface area contributed by atoms with E-state index in [9.17, 15) is 13.9 Å². The Kier molecular flexibility index (Phi) is 9.49. The number of hydrazine groups is 1. The molecule has 0 bridgehead atoms. The third-order valence-electron chi connectivity index (χ3n) is 5.81. The minimum atomic E-state index is -1.71. The molecule has 0 radical (unpaired) electrons. The summed E-state index contributed by atoms with van der Waals surface area (Å²) in [6, 6.07) is 7.81. The van der Waals surface area contributed by atoms with E-state index in [0.717, 1.165) is 12.5 Å². The molecule has 0 fully saturated rings. The van der Waals surface area contributed by atoms with E-state index in [4.69, 9.17) is 4.74 Å². The maximum Gasteiger partial charge on any atom is 0.134 e. The highest BCUT2D eigenvalue weighted by Crippen LogP contribution is 2.32. The zero-order valence-electron chi connectivity index (χ0n) is 21.2. The molecule has 0 spiro atoms. The lowest BCUT2D eigenvalue weighted by Crippen LogP contribution is -2.50. The first kappa shape index (κ1) is 27.2. The highest BCUT2D eigenvalue weighted by Gasteiger charge is 2.38. The standard InChI is InChI=1S/C24H28F2N6O2.C2H6/c1-3-18-7-9-21(10-8-18)34-13-20-12-31(29-28-20)14-24(33,15-32-17-27-16-30(32)2)22-6-4-5-19(25)11-23(22)26;1-2/h4-5,7-12,17,33H,3,6,13-16H2,1-2H3;1-2H3. The van der Waals surface area contributed by atoms with Crippen LogP contribution in [0.3, 0.4) is 0 Å². The first-order chi connectivity index (χ1) is 17.4. The number of nitrogens with zero attached hydrogens (tertiary/aromatic N) is 6. The van der Waals surface area contributed by atoms with Crippen LogP contribution in [0.5, 0.6) is 5.75 Å². The summed E-state index contributed by atoms with van der Waals surface area (Å²) < 4.78 is 35.9. The quantitative estimate of drug-likeness (QED) is 0.551. The summed E-state index contributed by atoms with van der Waals surface area (Å²) >= 11 is 0. The number of aliphatic hydroxyl groups is 1. The fourth-order valence-corrected chi connectivity index (χ4v) is 3.87. The van der Waals surface area contributed by atoms with Crippen LogP contribution in [0.4, 0.5) is 8.78 Å². The van der Waals surface area contributed by atoms with Crippen LogP contribution in [0.1, 0.15) is 38.4 Å². The van der Waals surface area contributed by atoms with Gasteiger partial charge in [-0.2, -0.15) is 0 Å². The SMILES string of the molecule is CC.CCc1ccc(OCc2cn(CC(O)(CN3C=NCN3C)C3=C(F)C=C(F)C=CC3)nn2)cc1. The van der Waals surface area contributed by atoms with E-state index in [0.29, 0.717) is 18.1 Å². The Bertz CT molecular complexity index is 1130. The highest BCUT2D eigenvalue weighted by molar-refractivity contribution is 5.56. The van der Waals surface area contributed by atoms with Crippen molar-refractivity contribution >= 4 is 6.34 Å². The number of allylic oxidation sites excluding steroid dienone is 5. The fraction of sp³-hybridized carbons (Fsp3) is 0.423. The predicted octanol–water partition coefficient (Wildman–Crippen LogP) is 4.36. The third-order valence-corrected chi connectivity index (χ3v) is 5.81. The van der Waals surface area contributed by atoms with E-state index in [1.54, 1.807) is 22.6 Å². The lowest BCUT2D eigenvalue weighted by molar-refractivity contribution is -0.0165. The molecule has 10 heteroatoms. The van der Waals surface area contributed by atoms with Crippen LogP contribution in [-0.2, 0) is 19.6 Å². The van der Waals surface area contributed by atoms with Gasteiger partial charge in [-0.1, -0.05) is 44.2 Å². The van der Waals surface area contributed by atoms with Crippen LogP contribution in [-0.4, -0.2) is 62.3 Å². The lowest BCUT2D eigenvalue weighted by atomic mass is 9.89. The van der Waals surface area contributed by atoms with Gasteiger partial charge in [0.1, 0.15) is 48.3 Å². The summed E-state index contributed by atoms with van der Waals surface area (Å²) in [5, 5.41) is 23.4. The van der Waals surface area contributed by atoms with Gasteiger partial charge < -0.3 is 9.84 Å². The van der Waals surface area contributed by atoms with Crippen LogP contribution in [0.15, 0.2) is 70.9 Å². The Hall–Kier alpha value is -3.37. The topological polar surface area (TPSA) is 79.0 Å². The Morgan fingerprint density at radius 2 is 1.89 bits per heavy atom. The molecule has 1 atom stereocenters. The van der Waals surface area contributed by atoms with Crippen LogP contribution in [0.25, 0.3) is 0 Å². The van der Waals surface area contributed by atoms with Crippen molar-refractivity contribution in [1.29, 1.82) is 0 Å². The van der Waals surface area contributed by atoms with Gasteiger partial charge in [0.15, 0.2) is 0 Å². The van der Waals surface area contributed by atoms with E-state index >= 15 is 0 Å². The molecule has 4 rings (SSSR count). The number of aliphatic imine (C=N–C) groups is 1. The molecule has 8 nitrogen and oxygen atoms in total. The normalized spacial score (nSPS) is 17.4. The lowest BCUT2D eigenvalue weighted by Gasteiger charge is -2.36. The van der Waals surface area contributed by atoms with Gasteiger partial charge >= 0.3 is 0 Å². The molecule has 2 aromatic rings. The number of ether oxygens (including phenoxy) is 1. The molecule has 0 saturated carbocycles. The van der Waals surface area contributed by atoms with E-state index in [1.165, 1.54) is 22.4 Å². The first-order valence-electron chi connectivity index (χ1n) is 12.1. The van der Waals surface area contributed by atoms with E-state index in [1.807, 2.05) is 45.2 Å². The second-order valence-corrected chi connectivity index (χ2v) is 8.38. The van der Waals surface area contributed by atoms with Crippen LogP contribution >= 0.6 is 0 Å². The Labute approximate surface area is 210 Å². The van der Waals surface area contributed by atoms with Crippen LogP contribution < -0.4 is 4.74 Å². The molecule has 1 aromatic heterocycles. The zero-order valence-corrected chi connectivity index (χ0v) is 21.2. The summed E-state index contributed by atoms with van der Waals surface area (Å²) in [5.41, 5.74) is 0.135. The van der Waals surface area contributed by atoms with Gasteiger partial charge in [0, 0.05) is 18.7 Å². The number of hydrogen-bond acceptors (Lipinski definition) is 7. The summed E-state index contributed by atoms with van der Waals surface area (Å²) in [5.74, 6) is -0.796. The molecule has 1 aliphatic heterocycles. The molecule has 2 heterocycles. The summed E-state index contributed by atoms with van der Waals surface area (Å²) in [7, 11) is 1.81. The number of aromatic nitrogens is 3. The molecule has 1 aromatic carbocycles. The molecular formula is C26H34F2N6O2. The van der Waals surface area contributed by atoms with Gasteiger partial charge in [-0.25, -0.2) is 18.5 Å². The Morgan fingerprint density at radius 3 is 2.56 bits per heavy atom. The molecule has 0 saturated heterocycles. The summed E-state index contributed by atoms with van der Waals surface area (Å²) in [6.45, 7) is 6.63. The number of benzene rings is 1. The Balaban J connectivity index is 0.00000176. The molecule has 194 valence electrons. The van der Waals surface area contributed by atoms with E-state index < -0.39 is 17.3 Å². The van der Waals surface area contributed by atoms with Crippen molar-refractivity contribution in [2.24, 2.45) is 4.99 Å². The summed E-state index contributed by atoms with van der Waals surface area (Å²) in [6.07, 6.45) is 7.70. The average molecular weight is 501 g/mol. The van der Waals surface area contributed by atoms with Gasteiger partial charge in [0.05, 0.1) is 19.3 Å². The minimum absolute atomic E-state index is 0.00846. The molecule has 0 amide bonds. The van der Waals surface area contributed by atoms with Crippen molar-refractivity contribution in [2.45, 2.75) is 52.4 Å². The number of rotatable bonds is 9. The van der Waals surface area contributed by atoms with Gasteiger partial charge in [-0.15, -0.1) is 5.10 Å². The molecule has 36 heavy (non-hydrogen) atoms. The van der Waals surface area contributed by atoms with Crippen LogP contribution in [0, 0.1) is 0 Å². The second kappa shape index (κ2) is 12.5. The minimum Gasteiger partial charge on any atom is -0.487 e. The molecular weight excluding hydrogens is 466 g/mol. The van der Waals surface area contributed by atoms with Crippen molar-refractivity contribution in [2.75, 3.05) is 20.3 Å². The van der Waals surface area contributed by atoms with Gasteiger partial charge in [0.2, 0.25) is 0 Å². The predicted molar refractivity (Wildman–Crippen MR) is 135 cm³/mol. The van der Waals surface area contributed by atoms with Gasteiger partial charge in [-0.05, 0) is 36.6 Å². The number of β-amino-alcohol motifs (C(OH)–C–C–N with tert-alkyl or cyclic N) is 1. The van der Waals surface area contributed by atoms with Crippen molar-refractivity contribution in [3.8, 4) is 5.75 Å². The number of hydrogen-bond donors (Lipinski definition) is 1. The van der Waals surface area contributed by atoms with E-state index in [-0.39, 0.29) is 31.7 Å². The van der Waals surface area contributed by atoms with Crippen molar-refractivity contribution in [3.05, 3.63) is 77.2 Å². The maximum atomic E-state index is 14.9. The van der Waals surface area contributed by atoms with Crippen molar-refractivity contribution in [3.63, 3.8) is 0 Å². The maximum absolute atomic E-state index is 14.9. The number of halogens is 2. The largest absolute Gasteiger partial charge is 0.487 e. The van der Waals surface area contributed by atoms with E-state index in [2.05, 4.69) is 22.2 Å². The monoisotopic (exact) mass is 500 g/mol. The van der Waals surface area contributed by atoms with Gasteiger partial charge in [0.25, 0.3) is 0 Å². The zero-order chi connectivity index (χ0) is 26.1. The Morgan fingerprint density at radius 1 is 1.14 bits per heavy atom. The third kappa shape index (κ3) is 6.86. The fourth-order valence-electron chi connectivity index (χ4n) is 3.87. The smallest absolute Gasteiger partial charge is 0.134 e. The second-order valence-electron chi connectivity index (χ2n) is 8.38. The van der Waals surface area contributed by atoms with Crippen molar-refractivity contribution < 1.29 is 18.6 Å². The molecule has 1 unspecified atom stereocenters. The van der Waals surface area contributed by atoms with Crippen molar-refractivity contribution in [1.82, 2.24) is 25.0 Å². The number of aryl methyl sites for hydroxylation is 1. The first-order valence-corrected chi connectivity index (χ1v) is 12.1. The average Bonchev–Trinajstić information content (AvgIpc) is 3.44.